The van der Waals surface area contributed by atoms with Gasteiger partial charge in [-0.3, -0.25) is 4.79 Å². The lowest BCUT2D eigenvalue weighted by Crippen LogP contribution is -2.33. The topological polar surface area (TPSA) is 59.2 Å². The predicted octanol–water partition coefficient (Wildman–Crippen LogP) is 2.50. The Bertz CT molecular complexity index is 414. The summed E-state index contributed by atoms with van der Waals surface area (Å²) in [6.45, 7) is 3.52. The Morgan fingerprint density at radius 3 is 2.68 bits per heavy atom. The van der Waals surface area contributed by atoms with Crippen LogP contribution in [-0.4, -0.2) is 34.9 Å². The maximum atomic E-state index is 12.1. The molecule has 2 unspecified atom stereocenters. The molecule has 19 heavy (non-hydrogen) atoms. The lowest BCUT2D eigenvalue weighted by atomic mass is 10.0. The van der Waals surface area contributed by atoms with E-state index in [4.69, 9.17) is 5.73 Å². The number of pyridine rings is 1. The van der Waals surface area contributed by atoms with Crippen molar-refractivity contribution in [1.29, 1.82) is 0 Å². The summed E-state index contributed by atoms with van der Waals surface area (Å²) in [5.41, 5.74) is 6.36. The van der Waals surface area contributed by atoms with E-state index in [1.54, 1.807) is 12.3 Å². The van der Waals surface area contributed by atoms with E-state index in [1.165, 1.54) is 0 Å². The van der Waals surface area contributed by atoms with E-state index in [0.29, 0.717) is 11.6 Å². The first-order chi connectivity index (χ1) is 8.08. The van der Waals surface area contributed by atoms with Gasteiger partial charge in [-0.05, 0) is 47.3 Å². The zero-order chi connectivity index (χ0) is 12.4. The Hall–Kier alpha value is -0.360. The van der Waals surface area contributed by atoms with E-state index in [1.807, 2.05) is 17.9 Å². The number of amides is 1. The van der Waals surface area contributed by atoms with E-state index in [9.17, 15) is 4.79 Å². The molecule has 0 spiro atoms. The van der Waals surface area contributed by atoms with E-state index >= 15 is 0 Å². The summed E-state index contributed by atoms with van der Waals surface area (Å²) in [5, 5.41) is 0. The lowest BCUT2D eigenvalue weighted by Gasteiger charge is -2.17. The highest BCUT2D eigenvalue weighted by Gasteiger charge is 2.29. The van der Waals surface area contributed by atoms with Gasteiger partial charge in [0.25, 0.3) is 5.91 Å². The highest BCUT2D eigenvalue weighted by atomic mass is 79.9. The minimum Gasteiger partial charge on any atom is -0.337 e. The SMILES string of the molecule is CC(N)C1CCN(C(=O)c2ccc(Br)cn2)C1.Cl.Cl. The van der Waals surface area contributed by atoms with Gasteiger partial charge in [-0.2, -0.15) is 0 Å². The third-order valence-corrected chi connectivity index (χ3v) is 3.67. The minimum atomic E-state index is 0. The summed E-state index contributed by atoms with van der Waals surface area (Å²) in [7, 11) is 0. The molecule has 1 fully saturated rings. The van der Waals surface area contributed by atoms with Crippen molar-refractivity contribution in [1.82, 2.24) is 9.88 Å². The van der Waals surface area contributed by atoms with Gasteiger partial charge in [0.2, 0.25) is 0 Å². The van der Waals surface area contributed by atoms with Crippen molar-refractivity contribution in [3.63, 3.8) is 0 Å². The largest absolute Gasteiger partial charge is 0.337 e. The van der Waals surface area contributed by atoms with Crippen LogP contribution in [0, 0.1) is 5.92 Å². The number of hydrogen-bond donors (Lipinski definition) is 1. The van der Waals surface area contributed by atoms with Crippen LogP contribution >= 0.6 is 40.7 Å². The average molecular weight is 371 g/mol. The van der Waals surface area contributed by atoms with Crippen LogP contribution in [0.1, 0.15) is 23.8 Å². The minimum absolute atomic E-state index is 0. The highest BCUT2D eigenvalue weighted by molar-refractivity contribution is 9.10. The molecule has 0 radical (unpaired) electrons. The number of nitrogens with two attached hydrogens (primary N) is 1. The van der Waals surface area contributed by atoms with Crippen LogP contribution in [-0.2, 0) is 0 Å². The fraction of sp³-hybridized carbons (Fsp3) is 0.500. The molecule has 2 rings (SSSR count). The number of carbonyl (C=O) groups excluding carboxylic acids is 1. The monoisotopic (exact) mass is 369 g/mol. The summed E-state index contributed by atoms with van der Waals surface area (Å²) >= 11 is 3.30. The Morgan fingerprint density at radius 2 is 2.21 bits per heavy atom. The van der Waals surface area contributed by atoms with Crippen LogP contribution in [0.25, 0.3) is 0 Å². The predicted molar refractivity (Wildman–Crippen MR) is 84.1 cm³/mol. The summed E-state index contributed by atoms with van der Waals surface area (Å²) < 4.78 is 0.879. The fourth-order valence-electron chi connectivity index (χ4n) is 2.07. The summed E-state index contributed by atoms with van der Waals surface area (Å²) in [6.07, 6.45) is 2.63. The number of aromatic nitrogens is 1. The number of nitrogens with zero attached hydrogens (tertiary/aromatic N) is 2. The molecule has 1 aliphatic rings. The maximum absolute atomic E-state index is 12.1. The van der Waals surface area contributed by atoms with E-state index in [2.05, 4.69) is 20.9 Å². The first kappa shape index (κ1) is 18.6. The van der Waals surface area contributed by atoms with Gasteiger partial charge in [-0.25, -0.2) is 4.98 Å². The van der Waals surface area contributed by atoms with E-state index in [-0.39, 0.29) is 36.8 Å². The fourth-order valence-corrected chi connectivity index (χ4v) is 2.30. The molecule has 7 heteroatoms. The smallest absolute Gasteiger partial charge is 0.272 e. The van der Waals surface area contributed by atoms with Crippen molar-refractivity contribution in [3.05, 3.63) is 28.5 Å². The van der Waals surface area contributed by atoms with Gasteiger partial charge >= 0.3 is 0 Å². The van der Waals surface area contributed by atoms with Crippen LogP contribution in [0.2, 0.25) is 0 Å². The van der Waals surface area contributed by atoms with Crippen molar-refractivity contribution < 1.29 is 4.79 Å². The van der Waals surface area contributed by atoms with Crippen LogP contribution in [0.5, 0.6) is 0 Å². The molecule has 4 nitrogen and oxygen atoms in total. The maximum Gasteiger partial charge on any atom is 0.272 e. The van der Waals surface area contributed by atoms with Gasteiger partial charge in [0.1, 0.15) is 5.69 Å². The standard InChI is InChI=1S/C12H16BrN3O.2ClH/c1-8(14)9-4-5-16(7-9)12(17)11-3-2-10(13)6-15-11;;/h2-3,6,8-9H,4-5,7,14H2,1H3;2*1H. The number of likely N-dealkylation sites (tertiary alicyclic amines) is 1. The summed E-state index contributed by atoms with van der Waals surface area (Å²) in [5.74, 6) is 0.412. The molecule has 2 N–H and O–H groups in total. The van der Waals surface area contributed by atoms with Crippen LogP contribution in [0.3, 0.4) is 0 Å². The van der Waals surface area contributed by atoms with Crippen molar-refractivity contribution in [3.8, 4) is 0 Å². The second-order valence-electron chi connectivity index (χ2n) is 4.52. The molecule has 0 aliphatic carbocycles. The third kappa shape index (κ3) is 4.60. The number of carbonyl (C=O) groups is 1. The Morgan fingerprint density at radius 1 is 1.53 bits per heavy atom. The highest BCUT2D eigenvalue weighted by Crippen LogP contribution is 2.20. The van der Waals surface area contributed by atoms with Crippen molar-refractivity contribution in [2.75, 3.05) is 13.1 Å². The van der Waals surface area contributed by atoms with Gasteiger partial charge in [0.05, 0.1) is 0 Å². The Balaban J connectivity index is 0.00000162. The molecular formula is C12H18BrCl2N3O. The lowest BCUT2D eigenvalue weighted by molar-refractivity contribution is 0.0780. The summed E-state index contributed by atoms with van der Waals surface area (Å²) in [4.78, 5) is 18.1. The summed E-state index contributed by atoms with van der Waals surface area (Å²) in [6, 6.07) is 3.72. The molecule has 1 aromatic rings. The second-order valence-corrected chi connectivity index (χ2v) is 5.44. The number of hydrogen-bond acceptors (Lipinski definition) is 3. The average Bonchev–Trinajstić information content (AvgIpc) is 2.78. The van der Waals surface area contributed by atoms with Gasteiger partial charge in [-0.15, -0.1) is 24.8 Å². The molecule has 1 saturated heterocycles. The molecule has 0 aromatic carbocycles. The van der Waals surface area contributed by atoms with Gasteiger partial charge in [0, 0.05) is 29.8 Å². The van der Waals surface area contributed by atoms with Gasteiger partial charge in [0.15, 0.2) is 0 Å². The number of rotatable bonds is 2. The van der Waals surface area contributed by atoms with Crippen LogP contribution < -0.4 is 5.73 Å². The van der Waals surface area contributed by atoms with E-state index in [0.717, 1.165) is 24.0 Å². The zero-order valence-electron chi connectivity index (χ0n) is 10.6. The zero-order valence-corrected chi connectivity index (χ0v) is 13.8. The molecule has 1 aliphatic heterocycles. The van der Waals surface area contributed by atoms with Crippen LogP contribution in [0.15, 0.2) is 22.8 Å². The molecule has 0 bridgehead atoms. The molecule has 108 valence electrons. The Kier molecular flexibility index (Phi) is 7.89. The third-order valence-electron chi connectivity index (χ3n) is 3.20. The van der Waals surface area contributed by atoms with Gasteiger partial charge in [-0.1, -0.05) is 0 Å². The molecule has 2 heterocycles. The Labute approximate surface area is 134 Å². The first-order valence-electron chi connectivity index (χ1n) is 5.74. The molecule has 0 saturated carbocycles. The van der Waals surface area contributed by atoms with Crippen molar-refractivity contribution in [2.45, 2.75) is 19.4 Å². The number of halogens is 3. The van der Waals surface area contributed by atoms with E-state index < -0.39 is 0 Å². The molecule has 2 atom stereocenters. The molecule has 1 aromatic heterocycles. The quantitative estimate of drug-likeness (QED) is 0.869. The normalized spacial score (nSPS) is 19.3. The van der Waals surface area contributed by atoms with Crippen molar-refractivity contribution >= 4 is 46.7 Å². The van der Waals surface area contributed by atoms with Crippen molar-refractivity contribution in [2.24, 2.45) is 11.7 Å². The molecular weight excluding hydrogens is 353 g/mol. The van der Waals surface area contributed by atoms with Crippen LogP contribution in [0.4, 0.5) is 0 Å². The first-order valence-corrected chi connectivity index (χ1v) is 6.53. The molecule has 1 amide bonds. The van der Waals surface area contributed by atoms with Gasteiger partial charge < -0.3 is 10.6 Å². The second kappa shape index (κ2) is 8.04.